The van der Waals surface area contributed by atoms with E-state index in [0.717, 1.165) is 30.2 Å². The molecule has 1 amide bonds. The second-order valence-electron chi connectivity index (χ2n) is 10.1. The topological polar surface area (TPSA) is 130 Å². The zero-order valence-corrected chi connectivity index (χ0v) is 22.8. The highest BCUT2D eigenvalue weighted by atomic mass is 19.1. The maximum Gasteiger partial charge on any atom is 0.256 e. The predicted octanol–water partition coefficient (Wildman–Crippen LogP) is 2.98. The highest BCUT2D eigenvalue weighted by Crippen LogP contribution is 2.39. The molecule has 1 saturated heterocycles. The number of carbonyl (C=O) groups excluding carboxylic acids is 1. The fourth-order valence-electron chi connectivity index (χ4n) is 5.52. The van der Waals surface area contributed by atoms with Crippen molar-refractivity contribution in [2.45, 2.75) is 32.4 Å². The molecule has 11 nitrogen and oxygen atoms in total. The van der Waals surface area contributed by atoms with Crippen molar-refractivity contribution in [3.8, 4) is 17.1 Å². The van der Waals surface area contributed by atoms with Gasteiger partial charge >= 0.3 is 0 Å². The molecule has 4 N–H and O–H groups in total. The monoisotopic (exact) mass is 535 g/mol. The third kappa shape index (κ3) is 4.70. The Labute approximate surface area is 226 Å². The number of carbonyl (C=O) groups is 1. The first-order valence-corrected chi connectivity index (χ1v) is 13.0. The maximum atomic E-state index is 15.2. The number of piperazine rings is 1. The minimum atomic E-state index is -1.07. The summed E-state index contributed by atoms with van der Waals surface area (Å²) in [5.41, 5.74) is 7.68. The molecule has 0 aliphatic carbocycles. The zero-order chi connectivity index (χ0) is 27.9. The molecule has 39 heavy (non-hydrogen) atoms. The van der Waals surface area contributed by atoms with Gasteiger partial charge in [0.1, 0.15) is 16.9 Å². The molecule has 12 heteroatoms. The Bertz CT molecular complexity index is 1520. The molecule has 1 aromatic carbocycles. The fourth-order valence-corrected chi connectivity index (χ4v) is 5.52. The molecular formula is C27H34FN9O2. The number of aromatic amines is 1. The van der Waals surface area contributed by atoms with Gasteiger partial charge in [-0.1, -0.05) is 18.2 Å². The number of ether oxygens (including phenoxy) is 1. The quantitative estimate of drug-likeness (QED) is 0.314. The van der Waals surface area contributed by atoms with Crippen LogP contribution in [-0.4, -0.2) is 79.8 Å². The van der Waals surface area contributed by atoms with E-state index in [2.05, 4.69) is 49.1 Å². The van der Waals surface area contributed by atoms with Crippen LogP contribution >= 0.6 is 0 Å². The number of aryl methyl sites for hydroxylation is 1. The van der Waals surface area contributed by atoms with Gasteiger partial charge in [0.05, 0.1) is 24.5 Å². The minimum Gasteiger partial charge on any atom is -0.475 e. The third-order valence-corrected chi connectivity index (χ3v) is 7.45. The summed E-state index contributed by atoms with van der Waals surface area (Å²) in [5.74, 6) is -0.425. The predicted molar refractivity (Wildman–Crippen MR) is 147 cm³/mol. The SMILES string of the molecule is CCOc1nn(C)cc1Nc1ncc(F)c(-c2c[nH]c3c([C@](C)(C(N)=O)N4CCN(C)C[C@H]4C)cccc23)n1. The molecule has 4 aromatic rings. The molecule has 4 heterocycles. The van der Waals surface area contributed by atoms with Crippen LogP contribution < -0.4 is 15.8 Å². The van der Waals surface area contributed by atoms with E-state index < -0.39 is 17.3 Å². The number of nitrogens with zero attached hydrogens (tertiary/aromatic N) is 6. The molecule has 0 saturated carbocycles. The molecule has 0 radical (unpaired) electrons. The summed E-state index contributed by atoms with van der Waals surface area (Å²) < 4.78 is 22.3. The summed E-state index contributed by atoms with van der Waals surface area (Å²) in [6.07, 6.45) is 4.57. The minimum absolute atomic E-state index is 0.105. The fraction of sp³-hybridized carbons (Fsp3) is 0.407. The van der Waals surface area contributed by atoms with Crippen LogP contribution in [0.1, 0.15) is 26.3 Å². The van der Waals surface area contributed by atoms with Crippen LogP contribution in [0.4, 0.5) is 16.0 Å². The normalized spacial score (nSPS) is 18.3. The molecule has 2 atom stereocenters. The number of nitrogens with two attached hydrogens (primary N) is 1. The lowest BCUT2D eigenvalue weighted by Crippen LogP contribution is -2.62. The number of para-hydroxylation sites is 1. The summed E-state index contributed by atoms with van der Waals surface area (Å²) in [6, 6.07) is 5.74. The molecule has 0 unspecified atom stereocenters. The number of amides is 1. The van der Waals surface area contributed by atoms with E-state index in [9.17, 15) is 4.79 Å². The van der Waals surface area contributed by atoms with E-state index in [0.29, 0.717) is 35.8 Å². The van der Waals surface area contributed by atoms with Crippen molar-refractivity contribution in [3.63, 3.8) is 0 Å². The molecule has 206 valence electrons. The van der Waals surface area contributed by atoms with Crippen molar-refractivity contribution in [1.82, 2.24) is 34.5 Å². The molecule has 1 fully saturated rings. The molecule has 0 spiro atoms. The van der Waals surface area contributed by atoms with Crippen LogP contribution in [-0.2, 0) is 17.4 Å². The lowest BCUT2D eigenvalue weighted by molar-refractivity contribution is -0.133. The van der Waals surface area contributed by atoms with E-state index in [-0.39, 0.29) is 17.7 Å². The number of benzene rings is 1. The smallest absolute Gasteiger partial charge is 0.256 e. The van der Waals surface area contributed by atoms with Crippen LogP contribution in [0, 0.1) is 5.82 Å². The Hall–Kier alpha value is -4.03. The Morgan fingerprint density at radius 1 is 1.33 bits per heavy atom. The van der Waals surface area contributed by atoms with Crippen molar-refractivity contribution >= 4 is 28.4 Å². The molecule has 0 bridgehead atoms. The molecular weight excluding hydrogens is 501 g/mol. The second-order valence-corrected chi connectivity index (χ2v) is 10.1. The standard InChI is InChI=1S/C27H34FN9O2/c1-6-39-24-21(15-36(5)34-24)32-26-31-13-20(28)23(33-26)18-12-30-22-17(18)8-7-9-19(22)27(3,25(29)38)37-11-10-35(4)14-16(37)2/h7-9,12-13,15-16,30H,6,10-11,14H2,1-5H3,(H2,29,38)(H,31,32,33)/t16-,27-/m1/s1. The summed E-state index contributed by atoms with van der Waals surface area (Å²) in [6.45, 7) is 8.60. The van der Waals surface area contributed by atoms with E-state index >= 15 is 4.39 Å². The first kappa shape index (κ1) is 26.6. The number of primary amides is 1. The number of aromatic nitrogens is 5. The van der Waals surface area contributed by atoms with Crippen LogP contribution in [0.5, 0.6) is 5.88 Å². The number of likely N-dealkylation sites (N-methyl/N-ethyl adjacent to an activating group) is 1. The van der Waals surface area contributed by atoms with E-state index in [1.807, 2.05) is 32.0 Å². The Balaban J connectivity index is 1.56. The lowest BCUT2D eigenvalue weighted by Gasteiger charge is -2.47. The van der Waals surface area contributed by atoms with Crippen LogP contribution in [0.15, 0.2) is 36.8 Å². The first-order chi connectivity index (χ1) is 18.6. The number of nitrogens with one attached hydrogen (secondary N) is 2. The Kier molecular flexibility index (Phi) is 7.00. The average Bonchev–Trinajstić information content (AvgIpc) is 3.47. The number of H-pyrrole nitrogens is 1. The van der Waals surface area contributed by atoms with Gasteiger partial charge in [0.25, 0.3) is 5.88 Å². The highest BCUT2D eigenvalue weighted by molar-refractivity contribution is 6.00. The third-order valence-electron chi connectivity index (χ3n) is 7.45. The number of anilines is 2. The largest absolute Gasteiger partial charge is 0.475 e. The van der Waals surface area contributed by atoms with Crippen molar-refractivity contribution < 1.29 is 13.9 Å². The van der Waals surface area contributed by atoms with Crippen LogP contribution in [0.3, 0.4) is 0 Å². The van der Waals surface area contributed by atoms with E-state index in [1.165, 1.54) is 0 Å². The first-order valence-electron chi connectivity index (χ1n) is 13.0. The van der Waals surface area contributed by atoms with Crippen LogP contribution in [0.25, 0.3) is 22.2 Å². The molecule has 1 aliphatic rings. The maximum absolute atomic E-state index is 15.2. The molecule has 3 aromatic heterocycles. The van der Waals surface area contributed by atoms with E-state index in [4.69, 9.17) is 10.5 Å². The van der Waals surface area contributed by atoms with Crippen LogP contribution in [0.2, 0.25) is 0 Å². The summed E-state index contributed by atoms with van der Waals surface area (Å²) >= 11 is 0. The molecule has 1 aliphatic heterocycles. The van der Waals surface area contributed by atoms with Gasteiger partial charge in [-0.3, -0.25) is 14.4 Å². The number of rotatable bonds is 8. The second kappa shape index (κ2) is 10.3. The van der Waals surface area contributed by atoms with Gasteiger partial charge in [-0.15, -0.1) is 5.10 Å². The van der Waals surface area contributed by atoms with Crippen molar-refractivity contribution in [3.05, 3.63) is 48.2 Å². The number of fused-ring (bicyclic) bond motifs is 1. The Morgan fingerprint density at radius 3 is 2.85 bits per heavy atom. The summed E-state index contributed by atoms with van der Waals surface area (Å²) in [5, 5.41) is 8.08. The van der Waals surface area contributed by atoms with Gasteiger partial charge in [0.2, 0.25) is 11.9 Å². The van der Waals surface area contributed by atoms with Crippen molar-refractivity contribution in [2.24, 2.45) is 12.8 Å². The summed E-state index contributed by atoms with van der Waals surface area (Å²) in [7, 11) is 3.84. The van der Waals surface area contributed by atoms with Gasteiger partial charge in [-0.05, 0) is 27.8 Å². The van der Waals surface area contributed by atoms with Gasteiger partial charge in [-0.25, -0.2) is 14.4 Å². The number of hydrogen-bond donors (Lipinski definition) is 3. The van der Waals surface area contributed by atoms with Crippen molar-refractivity contribution in [1.29, 1.82) is 0 Å². The Morgan fingerprint density at radius 2 is 2.13 bits per heavy atom. The van der Waals surface area contributed by atoms with E-state index in [1.54, 1.807) is 24.1 Å². The number of halogens is 1. The highest BCUT2D eigenvalue weighted by Gasteiger charge is 2.44. The van der Waals surface area contributed by atoms with Gasteiger partial charge in [0, 0.05) is 55.4 Å². The van der Waals surface area contributed by atoms with Crippen molar-refractivity contribution in [2.75, 3.05) is 38.6 Å². The zero-order valence-electron chi connectivity index (χ0n) is 22.8. The number of hydrogen-bond acceptors (Lipinski definition) is 8. The molecule has 5 rings (SSSR count). The van der Waals surface area contributed by atoms with Gasteiger partial charge < -0.3 is 25.7 Å². The lowest BCUT2D eigenvalue weighted by atomic mass is 9.85. The van der Waals surface area contributed by atoms with Gasteiger partial charge in [-0.2, -0.15) is 0 Å². The summed E-state index contributed by atoms with van der Waals surface area (Å²) in [4.78, 5) is 29.3. The van der Waals surface area contributed by atoms with Gasteiger partial charge in [0.15, 0.2) is 5.82 Å². The average molecular weight is 536 g/mol.